The molecule has 2 heterocycles. The Balaban J connectivity index is 1.97. The number of benzene rings is 1. The lowest BCUT2D eigenvalue weighted by molar-refractivity contribution is 0.474. The van der Waals surface area contributed by atoms with Crippen LogP contribution in [0.4, 0.5) is 5.82 Å². The summed E-state index contributed by atoms with van der Waals surface area (Å²) in [5.74, 6) is 0.891. The number of hydrazone groups is 1. The Morgan fingerprint density at radius 2 is 2.00 bits per heavy atom. The highest BCUT2D eigenvalue weighted by Gasteiger charge is 2.11. The van der Waals surface area contributed by atoms with Crippen molar-refractivity contribution in [3.8, 4) is 5.75 Å². The standard InChI is InChI=1S/C16H16N4OS/c1-9-11(3)22-16-14(9)15(17-8-18-16)20-19-10(2)12-6-4-5-7-13(12)21/h4-8,21H,1-3H3,(H,17,18,20)/b19-10-. The molecule has 0 aliphatic rings. The number of para-hydroxylation sites is 1. The zero-order valence-electron chi connectivity index (χ0n) is 12.6. The summed E-state index contributed by atoms with van der Waals surface area (Å²) in [6, 6.07) is 7.11. The zero-order chi connectivity index (χ0) is 15.7. The molecule has 0 saturated carbocycles. The van der Waals surface area contributed by atoms with Gasteiger partial charge < -0.3 is 5.11 Å². The van der Waals surface area contributed by atoms with E-state index in [0.717, 1.165) is 10.2 Å². The number of fused-ring (bicyclic) bond motifs is 1. The van der Waals surface area contributed by atoms with Crippen LogP contribution in [-0.4, -0.2) is 20.8 Å². The third kappa shape index (κ3) is 2.53. The van der Waals surface area contributed by atoms with Crippen LogP contribution < -0.4 is 5.43 Å². The van der Waals surface area contributed by atoms with Crippen molar-refractivity contribution < 1.29 is 5.11 Å². The number of hydrogen-bond acceptors (Lipinski definition) is 6. The molecule has 2 N–H and O–H groups in total. The molecule has 0 unspecified atom stereocenters. The van der Waals surface area contributed by atoms with E-state index in [0.29, 0.717) is 17.1 Å². The highest BCUT2D eigenvalue weighted by atomic mass is 32.1. The molecule has 0 radical (unpaired) electrons. The Hall–Kier alpha value is -2.47. The Morgan fingerprint density at radius 3 is 2.77 bits per heavy atom. The molecule has 0 saturated heterocycles. The number of nitrogens with zero attached hydrogens (tertiary/aromatic N) is 3. The minimum atomic E-state index is 0.209. The van der Waals surface area contributed by atoms with E-state index >= 15 is 0 Å². The van der Waals surface area contributed by atoms with Crippen LogP contribution in [0.15, 0.2) is 35.7 Å². The molecule has 5 nitrogen and oxygen atoms in total. The molecule has 112 valence electrons. The molecule has 0 bridgehead atoms. The number of nitrogens with one attached hydrogen (secondary N) is 1. The van der Waals surface area contributed by atoms with Gasteiger partial charge in [-0.05, 0) is 38.5 Å². The molecule has 0 amide bonds. The number of anilines is 1. The lowest BCUT2D eigenvalue weighted by atomic mass is 10.1. The lowest BCUT2D eigenvalue weighted by Gasteiger charge is -2.06. The number of aromatic hydroxyl groups is 1. The van der Waals surface area contributed by atoms with Crippen molar-refractivity contribution in [2.75, 3.05) is 5.43 Å². The number of thiophene rings is 1. The van der Waals surface area contributed by atoms with Crippen LogP contribution >= 0.6 is 11.3 Å². The van der Waals surface area contributed by atoms with Gasteiger partial charge >= 0.3 is 0 Å². The number of phenols is 1. The molecule has 0 aliphatic heterocycles. The first kappa shape index (κ1) is 14.5. The Bertz CT molecular complexity index is 870. The minimum absolute atomic E-state index is 0.209. The maximum Gasteiger partial charge on any atom is 0.158 e. The molecule has 1 aromatic carbocycles. The summed E-state index contributed by atoms with van der Waals surface area (Å²) in [5.41, 5.74) is 5.55. The van der Waals surface area contributed by atoms with Crippen molar-refractivity contribution in [2.24, 2.45) is 5.10 Å². The van der Waals surface area contributed by atoms with Gasteiger partial charge in [0.05, 0.1) is 11.1 Å². The predicted octanol–water partition coefficient (Wildman–Crippen LogP) is 3.85. The van der Waals surface area contributed by atoms with Crippen LogP contribution in [0.1, 0.15) is 22.9 Å². The first-order valence-corrected chi connectivity index (χ1v) is 7.69. The topological polar surface area (TPSA) is 70.4 Å². The number of phenolic OH excluding ortho intramolecular Hbond substituents is 1. The van der Waals surface area contributed by atoms with Gasteiger partial charge in [-0.2, -0.15) is 5.10 Å². The Kier molecular flexibility index (Phi) is 3.77. The van der Waals surface area contributed by atoms with Crippen LogP contribution in [0.5, 0.6) is 5.75 Å². The summed E-state index contributed by atoms with van der Waals surface area (Å²) in [6.07, 6.45) is 1.53. The van der Waals surface area contributed by atoms with Gasteiger partial charge in [0.25, 0.3) is 0 Å². The summed E-state index contributed by atoms with van der Waals surface area (Å²) in [7, 11) is 0. The van der Waals surface area contributed by atoms with Gasteiger partial charge in [0.1, 0.15) is 16.9 Å². The van der Waals surface area contributed by atoms with Crippen molar-refractivity contribution in [1.82, 2.24) is 9.97 Å². The SMILES string of the molecule is C/C(=N/Nc1ncnc2sc(C)c(C)c12)c1ccccc1O. The van der Waals surface area contributed by atoms with Crippen LogP contribution in [-0.2, 0) is 0 Å². The minimum Gasteiger partial charge on any atom is -0.507 e. The molecule has 3 rings (SSSR count). The van der Waals surface area contributed by atoms with Crippen molar-refractivity contribution >= 4 is 33.1 Å². The van der Waals surface area contributed by atoms with Crippen LogP contribution in [0, 0.1) is 13.8 Å². The van der Waals surface area contributed by atoms with Crippen LogP contribution in [0.25, 0.3) is 10.2 Å². The zero-order valence-corrected chi connectivity index (χ0v) is 13.4. The van der Waals surface area contributed by atoms with E-state index in [4.69, 9.17) is 0 Å². The summed E-state index contributed by atoms with van der Waals surface area (Å²) in [6.45, 7) is 5.97. The third-order valence-electron chi connectivity index (χ3n) is 3.59. The molecular formula is C16H16N4OS. The first-order valence-electron chi connectivity index (χ1n) is 6.87. The van der Waals surface area contributed by atoms with E-state index in [-0.39, 0.29) is 5.75 Å². The van der Waals surface area contributed by atoms with Crippen molar-refractivity contribution in [3.63, 3.8) is 0 Å². The van der Waals surface area contributed by atoms with E-state index in [1.807, 2.05) is 19.1 Å². The smallest absolute Gasteiger partial charge is 0.158 e. The van der Waals surface area contributed by atoms with E-state index in [1.165, 1.54) is 16.8 Å². The first-order chi connectivity index (χ1) is 10.6. The highest BCUT2D eigenvalue weighted by molar-refractivity contribution is 7.18. The fraction of sp³-hybridized carbons (Fsp3) is 0.188. The molecule has 22 heavy (non-hydrogen) atoms. The van der Waals surface area contributed by atoms with Gasteiger partial charge in [0.2, 0.25) is 0 Å². The normalized spacial score (nSPS) is 11.9. The molecule has 0 atom stereocenters. The summed E-state index contributed by atoms with van der Waals surface area (Å²) < 4.78 is 0. The Labute approximate surface area is 132 Å². The average molecular weight is 312 g/mol. The second-order valence-electron chi connectivity index (χ2n) is 5.01. The van der Waals surface area contributed by atoms with Gasteiger partial charge in [-0.15, -0.1) is 11.3 Å². The Morgan fingerprint density at radius 1 is 1.23 bits per heavy atom. The van der Waals surface area contributed by atoms with Gasteiger partial charge in [0.15, 0.2) is 5.82 Å². The number of aromatic nitrogens is 2. The summed E-state index contributed by atoms with van der Waals surface area (Å²) in [4.78, 5) is 10.8. The molecule has 0 spiro atoms. The largest absolute Gasteiger partial charge is 0.507 e. The van der Waals surface area contributed by atoms with Gasteiger partial charge in [-0.1, -0.05) is 12.1 Å². The molecule has 0 fully saturated rings. The molecular weight excluding hydrogens is 296 g/mol. The molecule has 2 aromatic heterocycles. The van der Waals surface area contributed by atoms with Crippen LogP contribution in [0.3, 0.4) is 0 Å². The molecule has 3 aromatic rings. The monoisotopic (exact) mass is 312 g/mol. The van der Waals surface area contributed by atoms with Crippen molar-refractivity contribution in [3.05, 3.63) is 46.6 Å². The van der Waals surface area contributed by atoms with Gasteiger partial charge in [0, 0.05) is 10.4 Å². The number of rotatable bonds is 3. The summed E-state index contributed by atoms with van der Waals surface area (Å²) >= 11 is 1.65. The fourth-order valence-electron chi connectivity index (χ4n) is 2.24. The number of hydrogen-bond donors (Lipinski definition) is 2. The molecule has 0 aliphatic carbocycles. The highest BCUT2D eigenvalue weighted by Crippen LogP contribution is 2.32. The fourth-order valence-corrected chi connectivity index (χ4v) is 3.24. The van der Waals surface area contributed by atoms with Gasteiger partial charge in [-0.25, -0.2) is 9.97 Å². The maximum absolute atomic E-state index is 9.86. The van der Waals surface area contributed by atoms with E-state index in [9.17, 15) is 5.11 Å². The second kappa shape index (κ2) is 5.73. The summed E-state index contributed by atoms with van der Waals surface area (Å²) in [5, 5.41) is 15.2. The quantitative estimate of drug-likeness (QED) is 0.569. The van der Waals surface area contributed by atoms with E-state index in [2.05, 4.69) is 34.3 Å². The van der Waals surface area contributed by atoms with E-state index in [1.54, 1.807) is 23.5 Å². The maximum atomic E-state index is 9.86. The average Bonchev–Trinajstić information content (AvgIpc) is 2.81. The number of aryl methyl sites for hydroxylation is 2. The van der Waals surface area contributed by atoms with Crippen molar-refractivity contribution in [2.45, 2.75) is 20.8 Å². The second-order valence-corrected chi connectivity index (χ2v) is 6.22. The molecule has 6 heteroatoms. The van der Waals surface area contributed by atoms with Crippen molar-refractivity contribution in [1.29, 1.82) is 0 Å². The van der Waals surface area contributed by atoms with E-state index < -0.39 is 0 Å². The van der Waals surface area contributed by atoms with Gasteiger partial charge in [-0.3, -0.25) is 5.43 Å². The third-order valence-corrected chi connectivity index (χ3v) is 4.70. The lowest BCUT2D eigenvalue weighted by Crippen LogP contribution is -2.01. The van der Waals surface area contributed by atoms with Crippen LogP contribution in [0.2, 0.25) is 0 Å². The predicted molar refractivity (Wildman–Crippen MR) is 90.8 cm³/mol.